The second-order valence-electron chi connectivity index (χ2n) is 1.10. The Bertz CT molecular complexity index is 65.1. The minimum absolute atomic E-state index is 0.0654. The fraction of sp³-hybridized carbons (Fsp3) is 0.750. The maximum atomic E-state index is 9.58. The van der Waals surface area contributed by atoms with Crippen LogP contribution in [0.2, 0.25) is 0 Å². The lowest BCUT2D eigenvalue weighted by Crippen LogP contribution is -2.03. The number of carbonyl (C=O) groups excluding carboxylic acids is 1. The Morgan fingerprint density at radius 2 is 2.25 bits per heavy atom. The van der Waals surface area contributed by atoms with E-state index in [2.05, 4.69) is 4.74 Å². The van der Waals surface area contributed by atoms with E-state index in [1.807, 2.05) is 0 Å². The molecule has 0 spiro atoms. The van der Waals surface area contributed by atoms with E-state index >= 15 is 0 Å². The third-order valence-corrected chi connectivity index (χ3v) is 0.682. The molecular weight excluding hydrogens is 151 g/mol. The van der Waals surface area contributed by atoms with Crippen LogP contribution in [0, 0.1) is 0 Å². The predicted octanol–water partition coefficient (Wildman–Crippen LogP) is 1.01. The molecule has 0 radical (unpaired) electrons. The summed E-state index contributed by atoms with van der Waals surface area (Å²) in [6.45, 7) is 0.276. The Kier molecular flexibility index (Phi) is 5.49. The van der Waals surface area contributed by atoms with E-state index in [9.17, 15) is 4.79 Å². The molecule has 0 fully saturated rings. The molecule has 0 saturated heterocycles. The van der Waals surface area contributed by atoms with Crippen molar-refractivity contribution in [2.45, 2.75) is 4.84 Å². The largest absolute Gasteiger partial charge is 0.371 e. The van der Waals surface area contributed by atoms with Gasteiger partial charge in [-0.15, -0.1) is 23.2 Å². The molecule has 48 valence electrons. The Balaban J connectivity index is 2.81. The summed E-state index contributed by atoms with van der Waals surface area (Å²) in [5, 5.41) is 0. The highest BCUT2D eigenvalue weighted by Crippen LogP contribution is 1.99. The Labute approximate surface area is 57.7 Å². The standard InChI is InChI=1S/C4H6Cl2O2/c5-4(6)3-8-2-1-7/h1,4H,2-3H2. The van der Waals surface area contributed by atoms with Gasteiger partial charge in [-0.25, -0.2) is 0 Å². The molecule has 0 amide bonds. The van der Waals surface area contributed by atoms with Crippen LogP contribution in [0.4, 0.5) is 0 Å². The van der Waals surface area contributed by atoms with Crippen LogP contribution in [0.25, 0.3) is 0 Å². The van der Waals surface area contributed by atoms with Crippen LogP contribution in [0.3, 0.4) is 0 Å². The molecule has 0 aliphatic carbocycles. The van der Waals surface area contributed by atoms with E-state index < -0.39 is 4.84 Å². The molecule has 0 saturated carbocycles. The maximum absolute atomic E-state index is 9.58. The van der Waals surface area contributed by atoms with E-state index in [1.54, 1.807) is 0 Å². The lowest BCUT2D eigenvalue weighted by Gasteiger charge is -1.97. The highest BCUT2D eigenvalue weighted by molar-refractivity contribution is 6.44. The van der Waals surface area contributed by atoms with Gasteiger partial charge in [0.1, 0.15) is 17.7 Å². The van der Waals surface area contributed by atoms with Crippen molar-refractivity contribution in [3.63, 3.8) is 0 Å². The summed E-state index contributed by atoms with van der Waals surface area (Å²) in [6, 6.07) is 0. The van der Waals surface area contributed by atoms with Gasteiger partial charge in [-0.1, -0.05) is 0 Å². The number of alkyl halides is 2. The van der Waals surface area contributed by atoms with E-state index in [-0.39, 0.29) is 13.2 Å². The minimum atomic E-state index is -0.532. The Hall–Kier alpha value is 0.210. The number of carbonyl (C=O) groups is 1. The van der Waals surface area contributed by atoms with Crippen LogP contribution in [-0.4, -0.2) is 24.3 Å². The van der Waals surface area contributed by atoms with Gasteiger partial charge in [0.25, 0.3) is 0 Å². The molecular formula is C4H6Cl2O2. The molecule has 4 heteroatoms. The summed E-state index contributed by atoms with van der Waals surface area (Å²) in [6.07, 6.45) is 0.649. The van der Waals surface area contributed by atoms with Crippen molar-refractivity contribution in [3.05, 3.63) is 0 Å². The zero-order valence-electron chi connectivity index (χ0n) is 4.14. The smallest absolute Gasteiger partial charge is 0.145 e. The molecule has 0 aliphatic rings. The average molecular weight is 157 g/mol. The Morgan fingerprint density at radius 1 is 1.62 bits per heavy atom. The van der Waals surface area contributed by atoms with Gasteiger partial charge in [-0.05, 0) is 0 Å². The number of rotatable bonds is 4. The monoisotopic (exact) mass is 156 g/mol. The second-order valence-corrected chi connectivity index (χ2v) is 2.37. The molecule has 0 aromatic rings. The second kappa shape index (κ2) is 5.35. The van der Waals surface area contributed by atoms with Crippen molar-refractivity contribution in [2.24, 2.45) is 0 Å². The first-order valence-corrected chi connectivity index (χ1v) is 2.94. The number of aldehydes is 1. The summed E-state index contributed by atoms with van der Waals surface area (Å²) in [5.74, 6) is 0. The summed E-state index contributed by atoms with van der Waals surface area (Å²) < 4.78 is 4.61. The van der Waals surface area contributed by atoms with Crippen LogP contribution < -0.4 is 0 Å². The number of hydrogen-bond donors (Lipinski definition) is 0. The lowest BCUT2D eigenvalue weighted by atomic mass is 10.8. The lowest BCUT2D eigenvalue weighted by molar-refractivity contribution is -0.111. The summed E-state index contributed by atoms with van der Waals surface area (Å²) in [4.78, 5) is 9.04. The normalized spacial score (nSPS) is 9.88. The van der Waals surface area contributed by atoms with Crippen LogP contribution in [0.5, 0.6) is 0 Å². The summed E-state index contributed by atoms with van der Waals surface area (Å²) >= 11 is 10.5. The molecule has 8 heavy (non-hydrogen) atoms. The molecule has 2 nitrogen and oxygen atoms in total. The average Bonchev–Trinajstić information content (AvgIpc) is 1.66. The predicted molar refractivity (Wildman–Crippen MR) is 32.4 cm³/mol. The van der Waals surface area contributed by atoms with Crippen LogP contribution in [0.1, 0.15) is 0 Å². The number of halogens is 2. The maximum Gasteiger partial charge on any atom is 0.145 e. The SMILES string of the molecule is O=CCOCC(Cl)Cl. The van der Waals surface area contributed by atoms with Gasteiger partial charge in [0.15, 0.2) is 0 Å². The summed E-state index contributed by atoms with van der Waals surface area (Å²) in [7, 11) is 0. The highest BCUT2D eigenvalue weighted by Gasteiger charge is 1.95. The molecule has 0 atom stereocenters. The minimum Gasteiger partial charge on any atom is -0.371 e. The van der Waals surface area contributed by atoms with Gasteiger partial charge in [-0.2, -0.15) is 0 Å². The molecule has 0 aromatic carbocycles. The summed E-state index contributed by atoms with van der Waals surface area (Å²) in [5.41, 5.74) is 0. The quantitative estimate of drug-likeness (QED) is 0.345. The van der Waals surface area contributed by atoms with Gasteiger partial charge < -0.3 is 9.53 Å². The van der Waals surface area contributed by atoms with Gasteiger partial charge >= 0.3 is 0 Å². The van der Waals surface area contributed by atoms with Crippen molar-refractivity contribution in [3.8, 4) is 0 Å². The molecule has 0 bridgehead atoms. The van der Waals surface area contributed by atoms with E-state index in [0.29, 0.717) is 6.29 Å². The first kappa shape index (κ1) is 8.21. The van der Waals surface area contributed by atoms with Crippen LogP contribution in [0.15, 0.2) is 0 Å². The first-order chi connectivity index (χ1) is 3.77. The van der Waals surface area contributed by atoms with E-state index in [4.69, 9.17) is 23.2 Å². The zero-order chi connectivity index (χ0) is 6.41. The van der Waals surface area contributed by atoms with Crippen LogP contribution >= 0.6 is 23.2 Å². The van der Waals surface area contributed by atoms with Gasteiger partial charge in [0, 0.05) is 0 Å². The van der Waals surface area contributed by atoms with E-state index in [1.165, 1.54) is 0 Å². The van der Waals surface area contributed by atoms with Crippen molar-refractivity contribution >= 4 is 29.5 Å². The molecule has 0 aliphatic heterocycles. The number of ether oxygens (including phenoxy) is 1. The fourth-order valence-corrected chi connectivity index (χ4v) is 0.383. The third-order valence-electron chi connectivity index (χ3n) is 0.430. The van der Waals surface area contributed by atoms with E-state index in [0.717, 1.165) is 0 Å². The van der Waals surface area contributed by atoms with Crippen molar-refractivity contribution in [1.82, 2.24) is 0 Å². The van der Waals surface area contributed by atoms with Gasteiger partial charge in [0.05, 0.1) is 6.61 Å². The van der Waals surface area contributed by atoms with Crippen molar-refractivity contribution in [2.75, 3.05) is 13.2 Å². The highest BCUT2D eigenvalue weighted by atomic mass is 35.5. The van der Waals surface area contributed by atoms with Gasteiger partial charge in [0.2, 0.25) is 0 Å². The first-order valence-electron chi connectivity index (χ1n) is 2.07. The van der Waals surface area contributed by atoms with Crippen LogP contribution in [-0.2, 0) is 9.53 Å². The Morgan fingerprint density at radius 3 is 2.62 bits per heavy atom. The molecule has 0 N–H and O–H groups in total. The number of hydrogen-bond acceptors (Lipinski definition) is 2. The fourth-order valence-electron chi connectivity index (χ4n) is 0.205. The molecule has 0 heterocycles. The molecule has 0 unspecified atom stereocenters. The molecule has 0 rings (SSSR count). The topological polar surface area (TPSA) is 26.3 Å². The molecule has 0 aromatic heterocycles. The van der Waals surface area contributed by atoms with Crippen molar-refractivity contribution in [1.29, 1.82) is 0 Å². The van der Waals surface area contributed by atoms with Gasteiger partial charge in [-0.3, -0.25) is 0 Å². The zero-order valence-corrected chi connectivity index (χ0v) is 5.65. The van der Waals surface area contributed by atoms with Crippen molar-refractivity contribution < 1.29 is 9.53 Å². The third kappa shape index (κ3) is 6.21.